The molecule has 0 aliphatic heterocycles. The van der Waals surface area contributed by atoms with E-state index in [1.807, 2.05) is 12.1 Å². The molecule has 0 atom stereocenters. The minimum absolute atomic E-state index is 0.189. The van der Waals surface area contributed by atoms with Gasteiger partial charge in [-0.25, -0.2) is 0 Å². The molecule has 114 valence electrons. The molecule has 0 spiro atoms. The predicted octanol–water partition coefficient (Wildman–Crippen LogP) is 2.17. The molecule has 0 unspecified atom stereocenters. The summed E-state index contributed by atoms with van der Waals surface area (Å²) in [4.78, 5) is 15.7. The smallest absolute Gasteiger partial charge is 0.244 e. The van der Waals surface area contributed by atoms with Gasteiger partial charge >= 0.3 is 0 Å². The van der Waals surface area contributed by atoms with Crippen molar-refractivity contribution >= 4 is 12.0 Å². The van der Waals surface area contributed by atoms with Gasteiger partial charge in [-0.05, 0) is 47.9 Å². The van der Waals surface area contributed by atoms with Gasteiger partial charge in [-0.3, -0.25) is 9.78 Å². The van der Waals surface area contributed by atoms with Crippen LogP contribution >= 0.6 is 0 Å². The molecule has 1 heterocycles. The van der Waals surface area contributed by atoms with E-state index < -0.39 is 0 Å². The van der Waals surface area contributed by atoms with Gasteiger partial charge in [-0.1, -0.05) is 6.07 Å². The third-order valence-electron chi connectivity index (χ3n) is 3.09. The monoisotopic (exact) mass is 298 g/mol. The Morgan fingerprint density at radius 3 is 3.00 bits per heavy atom. The standard InChI is InChI=1S/C17H18N2O3/c1-22-15-5-6-16(20)14(11-15)8-10-19-17(21)7-4-13-3-2-9-18-12-13/h2-7,9,11-12,20H,8,10H2,1H3,(H,19,21)/b7-4+. The molecule has 0 radical (unpaired) electrons. The van der Waals surface area contributed by atoms with E-state index in [1.165, 1.54) is 6.08 Å². The average Bonchev–Trinajstić information content (AvgIpc) is 2.55. The summed E-state index contributed by atoms with van der Waals surface area (Å²) in [6, 6.07) is 8.70. The van der Waals surface area contributed by atoms with Gasteiger partial charge < -0.3 is 15.2 Å². The number of carbonyl (C=O) groups excluding carboxylic acids is 1. The number of hydrogen-bond donors (Lipinski definition) is 2. The van der Waals surface area contributed by atoms with Crippen molar-refractivity contribution in [2.75, 3.05) is 13.7 Å². The Balaban J connectivity index is 1.83. The summed E-state index contributed by atoms with van der Waals surface area (Å²) in [6.45, 7) is 0.428. The zero-order valence-corrected chi connectivity index (χ0v) is 12.3. The lowest BCUT2D eigenvalue weighted by molar-refractivity contribution is -0.116. The number of pyridine rings is 1. The molecule has 0 aliphatic carbocycles. The molecule has 2 aromatic rings. The topological polar surface area (TPSA) is 71.5 Å². The van der Waals surface area contributed by atoms with Crippen LogP contribution in [0.15, 0.2) is 48.8 Å². The molecule has 0 bridgehead atoms. The number of aromatic hydroxyl groups is 1. The quantitative estimate of drug-likeness (QED) is 0.802. The number of phenolic OH excluding ortho intramolecular Hbond substituents is 1. The maximum Gasteiger partial charge on any atom is 0.244 e. The van der Waals surface area contributed by atoms with E-state index in [9.17, 15) is 9.90 Å². The number of amides is 1. The number of carbonyl (C=O) groups is 1. The first-order valence-electron chi connectivity index (χ1n) is 6.91. The average molecular weight is 298 g/mol. The fourth-order valence-corrected chi connectivity index (χ4v) is 1.91. The minimum Gasteiger partial charge on any atom is -0.508 e. The van der Waals surface area contributed by atoms with Crippen molar-refractivity contribution in [2.24, 2.45) is 0 Å². The summed E-state index contributed by atoms with van der Waals surface area (Å²) in [7, 11) is 1.57. The summed E-state index contributed by atoms with van der Waals surface area (Å²) >= 11 is 0. The molecule has 5 heteroatoms. The van der Waals surface area contributed by atoms with Crippen molar-refractivity contribution in [3.63, 3.8) is 0 Å². The molecule has 0 aliphatic rings. The zero-order valence-electron chi connectivity index (χ0n) is 12.3. The maximum atomic E-state index is 11.7. The van der Waals surface area contributed by atoms with Gasteiger partial charge in [0.15, 0.2) is 0 Å². The molecule has 1 aromatic carbocycles. The van der Waals surface area contributed by atoms with Gasteiger partial charge in [-0.15, -0.1) is 0 Å². The fraction of sp³-hybridized carbons (Fsp3) is 0.176. The van der Waals surface area contributed by atoms with E-state index in [0.29, 0.717) is 18.7 Å². The summed E-state index contributed by atoms with van der Waals surface area (Å²) in [6.07, 6.45) is 7.04. The molecule has 0 saturated carbocycles. The second kappa shape index (κ2) is 7.83. The Morgan fingerprint density at radius 1 is 1.41 bits per heavy atom. The maximum absolute atomic E-state index is 11.7. The summed E-state index contributed by atoms with van der Waals surface area (Å²) in [5.41, 5.74) is 1.60. The molecule has 0 saturated heterocycles. The van der Waals surface area contributed by atoms with Crippen LogP contribution in [-0.4, -0.2) is 29.7 Å². The van der Waals surface area contributed by atoms with Crippen LogP contribution in [0.3, 0.4) is 0 Å². The molecule has 1 amide bonds. The Labute approximate surface area is 129 Å². The highest BCUT2D eigenvalue weighted by Crippen LogP contribution is 2.22. The van der Waals surface area contributed by atoms with Gasteiger partial charge in [0.2, 0.25) is 5.91 Å². The van der Waals surface area contributed by atoms with Gasteiger partial charge in [0, 0.05) is 25.0 Å². The second-order valence-electron chi connectivity index (χ2n) is 4.66. The molecule has 5 nitrogen and oxygen atoms in total. The molecule has 2 rings (SSSR count). The summed E-state index contributed by atoms with van der Waals surface area (Å²) < 4.78 is 5.11. The SMILES string of the molecule is COc1ccc(O)c(CCNC(=O)/C=C/c2cccnc2)c1. The first kappa shape index (κ1) is 15.6. The van der Waals surface area contributed by atoms with Crippen LogP contribution in [0.1, 0.15) is 11.1 Å². The van der Waals surface area contributed by atoms with E-state index in [1.54, 1.807) is 43.8 Å². The highest BCUT2D eigenvalue weighted by atomic mass is 16.5. The van der Waals surface area contributed by atoms with Crippen LogP contribution in [0.4, 0.5) is 0 Å². The van der Waals surface area contributed by atoms with Crippen LogP contribution in [0.5, 0.6) is 11.5 Å². The minimum atomic E-state index is -0.189. The second-order valence-corrected chi connectivity index (χ2v) is 4.66. The summed E-state index contributed by atoms with van der Waals surface area (Å²) in [5, 5.41) is 12.5. The summed E-state index contributed by atoms with van der Waals surface area (Å²) in [5.74, 6) is 0.683. The Hall–Kier alpha value is -2.82. The van der Waals surface area contributed by atoms with Crippen LogP contribution < -0.4 is 10.1 Å². The lowest BCUT2D eigenvalue weighted by atomic mass is 10.1. The van der Waals surface area contributed by atoms with Crippen LogP contribution in [-0.2, 0) is 11.2 Å². The lowest BCUT2D eigenvalue weighted by Gasteiger charge is -2.07. The first-order valence-corrected chi connectivity index (χ1v) is 6.91. The number of methoxy groups -OCH3 is 1. The van der Waals surface area contributed by atoms with Crippen molar-refractivity contribution in [1.82, 2.24) is 10.3 Å². The van der Waals surface area contributed by atoms with E-state index in [2.05, 4.69) is 10.3 Å². The van der Waals surface area contributed by atoms with Gasteiger partial charge in [0.25, 0.3) is 0 Å². The largest absolute Gasteiger partial charge is 0.508 e. The molecule has 0 fully saturated rings. The number of phenols is 1. The van der Waals surface area contributed by atoms with Crippen molar-refractivity contribution in [1.29, 1.82) is 0 Å². The van der Waals surface area contributed by atoms with E-state index >= 15 is 0 Å². The Kier molecular flexibility index (Phi) is 5.54. The normalized spacial score (nSPS) is 10.6. The molecular weight excluding hydrogens is 280 g/mol. The van der Waals surface area contributed by atoms with Gasteiger partial charge in [0.05, 0.1) is 7.11 Å². The van der Waals surface area contributed by atoms with E-state index in [-0.39, 0.29) is 11.7 Å². The van der Waals surface area contributed by atoms with Crippen molar-refractivity contribution < 1.29 is 14.6 Å². The predicted molar refractivity (Wildman–Crippen MR) is 84.6 cm³/mol. The van der Waals surface area contributed by atoms with E-state index in [0.717, 1.165) is 11.1 Å². The van der Waals surface area contributed by atoms with Gasteiger partial charge in [-0.2, -0.15) is 0 Å². The van der Waals surface area contributed by atoms with Crippen LogP contribution in [0, 0.1) is 0 Å². The highest BCUT2D eigenvalue weighted by Gasteiger charge is 2.04. The third kappa shape index (κ3) is 4.63. The number of nitrogens with one attached hydrogen (secondary N) is 1. The van der Waals surface area contributed by atoms with Crippen LogP contribution in [0.25, 0.3) is 6.08 Å². The van der Waals surface area contributed by atoms with Crippen molar-refractivity contribution in [3.05, 3.63) is 59.9 Å². The number of rotatable bonds is 6. The van der Waals surface area contributed by atoms with Crippen LogP contribution in [0.2, 0.25) is 0 Å². The number of nitrogens with zero attached hydrogens (tertiary/aromatic N) is 1. The molecule has 1 aromatic heterocycles. The number of hydrogen-bond acceptors (Lipinski definition) is 4. The third-order valence-corrected chi connectivity index (χ3v) is 3.09. The van der Waals surface area contributed by atoms with Gasteiger partial charge in [0.1, 0.15) is 11.5 Å². The lowest BCUT2D eigenvalue weighted by Crippen LogP contribution is -2.23. The fourth-order valence-electron chi connectivity index (χ4n) is 1.91. The molecule has 2 N–H and O–H groups in total. The van der Waals surface area contributed by atoms with E-state index in [4.69, 9.17) is 4.74 Å². The first-order chi connectivity index (χ1) is 10.7. The number of ether oxygens (including phenoxy) is 1. The Morgan fingerprint density at radius 2 is 2.27 bits per heavy atom. The number of aromatic nitrogens is 1. The van der Waals surface area contributed by atoms with Crippen molar-refractivity contribution in [3.8, 4) is 11.5 Å². The molecular formula is C17H18N2O3. The molecule has 22 heavy (non-hydrogen) atoms. The zero-order chi connectivity index (χ0) is 15.8. The number of benzene rings is 1. The highest BCUT2D eigenvalue weighted by molar-refractivity contribution is 5.91. The Bertz CT molecular complexity index is 654. The van der Waals surface area contributed by atoms with Crippen molar-refractivity contribution in [2.45, 2.75) is 6.42 Å².